The molecule has 0 atom stereocenters. The lowest BCUT2D eigenvalue weighted by Gasteiger charge is -2.27. The Bertz CT molecular complexity index is 879. The van der Waals surface area contributed by atoms with Crippen molar-refractivity contribution in [3.8, 4) is 0 Å². The van der Waals surface area contributed by atoms with E-state index in [0.29, 0.717) is 29.3 Å². The van der Waals surface area contributed by atoms with Crippen molar-refractivity contribution in [1.82, 2.24) is 9.80 Å². The number of hydrogen-bond donors (Lipinski definition) is 0. The van der Waals surface area contributed by atoms with Crippen molar-refractivity contribution < 1.29 is 14.4 Å². The van der Waals surface area contributed by atoms with E-state index in [4.69, 9.17) is 0 Å². The Hall–Kier alpha value is -2.95. The van der Waals surface area contributed by atoms with Crippen molar-refractivity contribution in [3.05, 3.63) is 70.8 Å². The van der Waals surface area contributed by atoms with Gasteiger partial charge in [-0.3, -0.25) is 19.3 Å². The van der Waals surface area contributed by atoms with Crippen LogP contribution in [0.1, 0.15) is 69.2 Å². The first-order chi connectivity index (χ1) is 13.6. The lowest BCUT2D eigenvalue weighted by Crippen LogP contribution is -2.38. The normalized spacial score (nSPS) is 16.5. The summed E-state index contributed by atoms with van der Waals surface area (Å²) in [6, 6.07) is 14.5. The van der Waals surface area contributed by atoms with Crippen LogP contribution in [0.3, 0.4) is 0 Å². The van der Waals surface area contributed by atoms with Gasteiger partial charge >= 0.3 is 0 Å². The number of imide groups is 1. The zero-order valence-corrected chi connectivity index (χ0v) is 16.1. The van der Waals surface area contributed by atoms with Crippen LogP contribution in [-0.4, -0.2) is 40.1 Å². The average Bonchev–Trinajstić information content (AvgIpc) is 3.33. The van der Waals surface area contributed by atoms with E-state index in [0.717, 1.165) is 18.4 Å². The van der Waals surface area contributed by atoms with Crippen LogP contribution < -0.4 is 0 Å². The molecule has 1 aliphatic heterocycles. The molecule has 1 heterocycles. The van der Waals surface area contributed by atoms with Crippen molar-refractivity contribution in [2.45, 2.75) is 45.2 Å². The van der Waals surface area contributed by atoms with Crippen molar-refractivity contribution in [2.75, 3.05) is 6.54 Å². The maximum absolute atomic E-state index is 12.9. The predicted molar refractivity (Wildman–Crippen MR) is 106 cm³/mol. The summed E-state index contributed by atoms with van der Waals surface area (Å²) in [5.74, 6) is -0.472. The van der Waals surface area contributed by atoms with Gasteiger partial charge in [0.2, 0.25) is 0 Å². The van der Waals surface area contributed by atoms with E-state index in [2.05, 4.69) is 0 Å². The van der Waals surface area contributed by atoms with Crippen LogP contribution in [0.15, 0.2) is 48.5 Å². The minimum absolute atomic E-state index is 0.0571. The first-order valence-electron chi connectivity index (χ1n) is 9.95. The van der Waals surface area contributed by atoms with Gasteiger partial charge in [-0.25, -0.2) is 0 Å². The number of carbonyl (C=O) groups is 3. The first-order valence-corrected chi connectivity index (χ1v) is 9.95. The summed E-state index contributed by atoms with van der Waals surface area (Å²) >= 11 is 0. The molecule has 2 aliphatic rings. The van der Waals surface area contributed by atoms with Crippen LogP contribution in [0.5, 0.6) is 0 Å². The lowest BCUT2D eigenvalue weighted by molar-refractivity contribution is 0.0639. The summed E-state index contributed by atoms with van der Waals surface area (Å²) in [7, 11) is 0. The third kappa shape index (κ3) is 3.21. The number of benzene rings is 2. The fraction of sp³-hybridized carbons (Fsp3) is 0.348. The highest BCUT2D eigenvalue weighted by molar-refractivity contribution is 6.21. The predicted octanol–water partition coefficient (Wildman–Crippen LogP) is 3.89. The van der Waals surface area contributed by atoms with E-state index >= 15 is 0 Å². The topological polar surface area (TPSA) is 57.7 Å². The number of amides is 3. The van der Waals surface area contributed by atoms with Gasteiger partial charge in [-0.15, -0.1) is 0 Å². The van der Waals surface area contributed by atoms with Gasteiger partial charge in [-0.05, 0) is 49.6 Å². The number of carbonyl (C=O) groups excluding carboxylic acids is 3. The van der Waals surface area contributed by atoms with Gasteiger partial charge in [0.05, 0.1) is 17.7 Å². The molecule has 4 rings (SSSR count). The minimum atomic E-state index is -0.265. The molecule has 144 valence electrons. The largest absolute Gasteiger partial charge is 0.336 e. The Balaban J connectivity index is 1.47. The lowest BCUT2D eigenvalue weighted by atomic mass is 10.1. The van der Waals surface area contributed by atoms with E-state index in [1.54, 1.807) is 36.4 Å². The SMILES string of the molecule is CCN(C(=O)c1ccc(CN2C(=O)c3ccccc3C2=O)cc1)C1CCCC1. The monoisotopic (exact) mass is 376 g/mol. The van der Waals surface area contributed by atoms with E-state index in [-0.39, 0.29) is 24.3 Å². The first kappa shape index (κ1) is 18.4. The highest BCUT2D eigenvalue weighted by atomic mass is 16.2. The Morgan fingerprint density at radius 1 is 0.964 bits per heavy atom. The molecule has 0 spiro atoms. The van der Waals surface area contributed by atoms with Crippen molar-refractivity contribution in [2.24, 2.45) is 0 Å². The smallest absolute Gasteiger partial charge is 0.261 e. The number of fused-ring (bicyclic) bond motifs is 1. The zero-order valence-electron chi connectivity index (χ0n) is 16.1. The Kier molecular flexibility index (Phi) is 4.99. The summed E-state index contributed by atoms with van der Waals surface area (Å²) in [5, 5.41) is 0. The quantitative estimate of drug-likeness (QED) is 0.744. The molecule has 0 unspecified atom stereocenters. The van der Waals surface area contributed by atoms with Gasteiger partial charge in [-0.1, -0.05) is 37.1 Å². The molecule has 5 heteroatoms. The van der Waals surface area contributed by atoms with E-state index in [9.17, 15) is 14.4 Å². The van der Waals surface area contributed by atoms with Gasteiger partial charge < -0.3 is 4.90 Å². The Labute approximate surface area is 164 Å². The van der Waals surface area contributed by atoms with Gasteiger partial charge in [0.15, 0.2) is 0 Å². The van der Waals surface area contributed by atoms with Crippen molar-refractivity contribution >= 4 is 17.7 Å². The highest BCUT2D eigenvalue weighted by Gasteiger charge is 2.35. The summed E-state index contributed by atoms with van der Waals surface area (Å²) < 4.78 is 0. The molecule has 0 bridgehead atoms. The van der Waals surface area contributed by atoms with Crippen LogP contribution >= 0.6 is 0 Å². The second-order valence-electron chi connectivity index (χ2n) is 7.47. The van der Waals surface area contributed by atoms with Gasteiger partial charge in [0.1, 0.15) is 0 Å². The van der Waals surface area contributed by atoms with E-state index in [1.807, 2.05) is 24.0 Å². The van der Waals surface area contributed by atoms with E-state index < -0.39 is 0 Å². The second kappa shape index (κ2) is 7.58. The highest BCUT2D eigenvalue weighted by Crippen LogP contribution is 2.26. The Morgan fingerprint density at radius 2 is 1.54 bits per heavy atom. The molecular weight excluding hydrogens is 352 g/mol. The standard InChI is InChI=1S/C23H24N2O3/c1-2-24(18-7-3-4-8-18)21(26)17-13-11-16(12-14-17)15-25-22(27)19-9-5-6-10-20(19)23(25)28/h5-6,9-14,18H,2-4,7-8,15H2,1H3. The van der Waals surface area contributed by atoms with Crippen LogP contribution in [0.25, 0.3) is 0 Å². The van der Waals surface area contributed by atoms with Gasteiger partial charge in [-0.2, -0.15) is 0 Å². The molecule has 2 aromatic rings. The molecular formula is C23H24N2O3. The maximum Gasteiger partial charge on any atom is 0.261 e. The minimum Gasteiger partial charge on any atom is -0.336 e. The summed E-state index contributed by atoms with van der Waals surface area (Å²) in [5.41, 5.74) is 2.39. The molecule has 3 amide bonds. The van der Waals surface area contributed by atoms with Crippen LogP contribution in [-0.2, 0) is 6.54 Å². The molecule has 1 saturated carbocycles. The number of nitrogens with zero attached hydrogens (tertiary/aromatic N) is 2. The molecule has 2 aromatic carbocycles. The van der Waals surface area contributed by atoms with Crippen LogP contribution in [0, 0.1) is 0 Å². The summed E-state index contributed by atoms with van der Waals surface area (Å²) in [6.07, 6.45) is 4.54. The fourth-order valence-corrected chi connectivity index (χ4v) is 4.27. The third-order valence-corrected chi connectivity index (χ3v) is 5.79. The molecule has 1 aliphatic carbocycles. The number of rotatable bonds is 5. The van der Waals surface area contributed by atoms with E-state index in [1.165, 1.54) is 17.7 Å². The maximum atomic E-state index is 12.9. The molecule has 1 fully saturated rings. The van der Waals surface area contributed by atoms with Gasteiger partial charge in [0.25, 0.3) is 17.7 Å². The average molecular weight is 376 g/mol. The molecule has 0 saturated heterocycles. The zero-order chi connectivity index (χ0) is 19.7. The summed E-state index contributed by atoms with van der Waals surface area (Å²) in [6.45, 7) is 2.94. The molecule has 5 nitrogen and oxygen atoms in total. The fourth-order valence-electron chi connectivity index (χ4n) is 4.27. The second-order valence-corrected chi connectivity index (χ2v) is 7.47. The van der Waals surface area contributed by atoms with Crippen LogP contribution in [0.2, 0.25) is 0 Å². The van der Waals surface area contributed by atoms with Crippen LogP contribution in [0.4, 0.5) is 0 Å². The number of hydrogen-bond acceptors (Lipinski definition) is 3. The third-order valence-electron chi connectivity index (χ3n) is 5.79. The summed E-state index contributed by atoms with van der Waals surface area (Å²) in [4.78, 5) is 41.1. The van der Waals surface area contributed by atoms with Crippen molar-refractivity contribution in [1.29, 1.82) is 0 Å². The molecule has 0 radical (unpaired) electrons. The molecule has 0 aromatic heterocycles. The Morgan fingerprint density at radius 3 is 2.07 bits per heavy atom. The van der Waals surface area contributed by atoms with Crippen molar-refractivity contribution in [3.63, 3.8) is 0 Å². The molecule has 28 heavy (non-hydrogen) atoms. The van der Waals surface area contributed by atoms with Gasteiger partial charge in [0, 0.05) is 18.2 Å². The molecule has 0 N–H and O–H groups in total.